The van der Waals surface area contributed by atoms with E-state index < -0.39 is 0 Å². The third-order valence-electron chi connectivity index (χ3n) is 9.70. The number of fused-ring (bicyclic) bond motifs is 6. The molecule has 0 N–H and O–H groups in total. The molecule has 0 spiro atoms. The summed E-state index contributed by atoms with van der Waals surface area (Å²) in [6.45, 7) is 0. The fraction of sp³-hybridized carbons (Fsp3) is 0. The third-order valence-corrected chi connectivity index (χ3v) is 9.70. The average molecular weight is 655 g/mol. The first kappa shape index (κ1) is 29.0. The summed E-state index contributed by atoms with van der Waals surface area (Å²) >= 11 is 0. The maximum atomic E-state index is 6.48. The predicted octanol–water partition coefficient (Wildman–Crippen LogP) is 13.4. The predicted molar refractivity (Wildman–Crippen MR) is 210 cm³/mol. The minimum absolute atomic E-state index is 0.618. The Bertz CT molecular complexity index is 2840. The molecule has 4 nitrogen and oxygen atoms in total. The van der Waals surface area contributed by atoms with E-state index in [1.54, 1.807) is 0 Å². The van der Waals surface area contributed by atoms with Crippen LogP contribution in [0.25, 0.3) is 77.5 Å². The van der Waals surface area contributed by atoms with Gasteiger partial charge in [-0.1, -0.05) is 115 Å². The van der Waals surface area contributed by atoms with Crippen LogP contribution in [0.15, 0.2) is 191 Å². The zero-order chi connectivity index (χ0) is 33.7. The van der Waals surface area contributed by atoms with Crippen LogP contribution >= 0.6 is 0 Å². The zero-order valence-corrected chi connectivity index (χ0v) is 27.5. The number of para-hydroxylation sites is 1. The van der Waals surface area contributed by atoms with Crippen LogP contribution in [0.4, 0.5) is 17.1 Å². The Labute approximate surface area is 294 Å². The molecule has 0 unspecified atom stereocenters. The van der Waals surface area contributed by atoms with E-state index in [9.17, 15) is 0 Å². The highest BCUT2D eigenvalue weighted by Gasteiger charge is 2.19. The van der Waals surface area contributed by atoms with Crippen molar-refractivity contribution in [2.45, 2.75) is 0 Å². The van der Waals surface area contributed by atoms with E-state index in [1.165, 1.54) is 11.1 Å². The minimum Gasteiger partial charge on any atom is -0.456 e. The van der Waals surface area contributed by atoms with Crippen molar-refractivity contribution in [1.29, 1.82) is 0 Å². The van der Waals surface area contributed by atoms with Gasteiger partial charge in [0.15, 0.2) is 5.58 Å². The number of rotatable bonds is 6. The van der Waals surface area contributed by atoms with Gasteiger partial charge < -0.3 is 13.7 Å². The Hall–Kier alpha value is -6.91. The molecule has 51 heavy (non-hydrogen) atoms. The molecular formula is C47H30N2O2. The highest BCUT2D eigenvalue weighted by atomic mass is 16.3. The van der Waals surface area contributed by atoms with Gasteiger partial charge in [0.25, 0.3) is 0 Å². The molecule has 0 bridgehead atoms. The molecule has 0 aliphatic carbocycles. The van der Waals surface area contributed by atoms with Gasteiger partial charge in [0.1, 0.15) is 16.7 Å². The molecule has 0 saturated heterocycles. The Morgan fingerprint density at radius 3 is 1.71 bits per heavy atom. The largest absolute Gasteiger partial charge is 0.456 e. The van der Waals surface area contributed by atoms with E-state index in [0.29, 0.717) is 5.89 Å². The number of aromatic nitrogens is 1. The standard InChI is InChI=1S/C47H30N2O2/c1-3-11-31(12-4-1)32-19-23-36(24-20-32)49(38-27-28-44-42(30-38)40-17-9-10-18-43(40)50-44)37-25-21-33(22-26-37)41-29-35-15-7-8-16-39(35)46-45(41)48-47(51-46)34-13-5-2-6-14-34/h1-30H. The molecule has 0 saturated carbocycles. The summed E-state index contributed by atoms with van der Waals surface area (Å²) in [5.41, 5.74) is 12.0. The maximum Gasteiger partial charge on any atom is 0.227 e. The monoisotopic (exact) mass is 654 g/mol. The Morgan fingerprint density at radius 2 is 0.961 bits per heavy atom. The summed E-state index contributed by atoms with van der Waals surface area (Å²) < 4.78 is 12.7. The van der Waals surface area contributed by atoms with Crippen molar-refractivity contribution in [3.8, 4) is 33.7 Å². The number of nitrogens with zero attached hydrogens (tertiary/aromatic N) is 2. The lowest BCUT2D eigenvalue weighted by atomic mass is 9.99. The van der Waals surface area contributed by atoms with Gasteiger partial charge in [-0.25, -0.2) is 4.98 Å². The first-order chi connectivity index (χ1) is 25.3. The second kappa shape index (κ2) is 11.9. The molecule has 2 heterocycles. The second-order valence-corrected chi connectivity index (χ2v) is 12.8. The number of oxazole rings is 1. The van der Waals surface area contributed by atoms with Crippen LogP contribution in [0.5, 0.6) is 0 Å². The van der Waals surface area contributed by atoms with E-state index in [2.05, 4.69) is 132 Å². The van der Waals surface area contributed by atoms with Gasteiger partial charge in [-0.05, 0) is 88.8 Å². The number of furan rings is 1. The fourth-order valence-corrected chi connectivity index (χ4v) is 7.19. The number of hydrogen-bond acceptors (Lipinski definition) is 4. The molecule has 2 aromatic heterocycles. The Balaban J connectivity index is 1.11. The summed E-state index contributed by atoms with van der Waals surface area (Å²) in [4.78, 5) is 7.36. The molecule has 10 rings (SSSR count). The quantitative estimate of drug-likeness (QED) is 0.179. The molecule has 240 valence electrons. The highest BCUT2D eigenvalue weighted by Crippen LogP contribution is 2.42. The molecule has 0 radical (unpaired) electrons. The van der Waals surface area contributed by atoms with E-state index in [0.717, 1.165) is 77.6 Å². The van der Waals surface area contributed by atoms with Crippen LogP contribution in [-0.4, -0.2) is 4.98 Å². The summed E-state index contributed by atoms with van der Waals surface area (Å²) in [7, 11) is 0. The first-order valence-corrected chi connectivity index (χ1v) is 17.1. The van der Waals surface area contributed by atoms with Gasteiger partial charge in [0, 0.05) is 44.3 Å². The number of hydrogen-bond donors (Lipinski definition) is 0. The van der Waals surface area contributed by atoms with Crippen molar-refractivity contribution in [2.24, 2.45) is 0 Å². The first-order valence-electron chi connectivity index (χ1n) is 17.1. The molecule has 0 aliphatic heterocycles. The number of benzene rings is 8. The summed E-state index contributed by atoms with van der Waals surface area (Å²) in [6.07, 6.45) is 0. The molecule has 0 atom stereocenters. The summed E-state index contributed by atoms with van der Waals surface area (Å²) in [5, 5.41) is 4.35. The van der Waals surface area contributed by atoms with Crippen LogP contribution in [0.3, 0.4) is 0 Å². The van der Waals surface area contributed by atoms with Crippen molar-refractivity contribution < 1.29 is 8.83 Å². The van der Waals surface area contributed by atoms with Crippen LogP contribution in [-0.2, 0) is 0 Å². The summed E-state index contributed by atoms with van der Waals surface area (Å²) in [5.74, 6) is 0.618. The van der Waals surface area contributed by atoms with E-state index in [-0.39, 0.29) is 0 Å². The van der Waals surface area contributed by atoms with Crippen LogP contribution in [0, 0.1) is 0 Å². The molecule has 0 amide bonds. The smallest absolute Gasteiger partial charge is 0.227 e. The number of anilines is 3. The fourth-order valence-electron chi connectivity index (χ4n) is 7.19. The lowest BCUT2D eigenvalue weighted by Gasteiger charge is -2.26. The van der Waals surface area contributed by atoms with Gasteiger partial charge in [0.2, 0.25) is 5.89 Å². The third kappa shape index (κ3) is 5.04. The lowest BCUT2D eigenvalue weighted by Crippen LogP contribution is -2.09. The molecule has 10 aromatic rings. The molecule has 8 aromatic carbocycles. The van der Waals surface area contributed by atoms with Crippen molar-refractivity contribution >= 4 is 60.9 Å². The molecule has 0 fully saturated rings. The van der Waals surface area contributed by atoms with Crippen molar-refractivity contribution in [3.05, 3.63) is 182 Å². The normalized spacial score (nSPS) is 11.5. The highest BCUT2D eigenvalue weighted by molar-refractivity contribution is 6.10. The molecule has 4 heteroatoms. The SMILES string of the molecule is c1ccc(-c2ccc(N(c3ccc(-c4cc5ccccc5c5oc(-c6ccccc6)nc45)cc3)c3ccc4oc5ccccc5c4c3)cc2)cc1. The maximum absolute atomic E-state index is 6.48. The van der Waals surface area contributed by atoms with Crippen LogP contribution in [0.2, 0.25) is 0 Å². The zero-order valence-electron chi connectivity index (χ0n) is 27.5. The van der Waals surface area contributed by atoms with Crippen molar-refractivity contribution in [1.82, 2.24) is 4.98 Å². The Morgan fingerprint density at radius 1 is 0.392 bits per heavy atom. The molecule has 0 aliphatic rings. The molecular weight excluding hydrogens is 625 g/mol. The van der Waals surface area contributed by atoms with E-state index in [1.807, 2.05) is 54.6 Å². The van der Waals surface area contributed by atoms with Gasteiger partial charge in [0.05, 0.1) is 0 Å². The topological polar surface area (TPSA) is 42.4 Å². The second-order valence-electron chi connectivity index (χ2n) is 12.8. The van der Waals surface area contributed by atoms with E-state index >= 15 is 0 Å². The van der Waals surface area contributed by atoms with Gasteiger partial charge in [-0.3, -0.25) is 0 Å². The Kier molecular flexibility index (Phi) is 6.78. The van der Waals surface area contributed by atoms with Crippen molar-refractivity contribution in [2.75, 3.05) is 4.90 Å². The van der Waals surface area contributed by atoms with Gasteiger partial charge >= 0.3 is 0 Å². The van der Waals surface area contributed by atoms with Crippen LogP contribution in [0.1, 0.15) is 0 Å². The van der Waals surface area contributed by atoms with Crippen LogP contribution < -0.4 is 4.90 Å². The van der Waals surface area contributed by atoms with Gasteiger partial charge in [-0.15, -0.1) is 0 Å². The van der Waals surface area contributed by atoms with Gasteiger partial charge in [-0.2, -0.15) is 0 Å². The van der Waals surface area contributed by atoms with E-state index in [4.69, 9.17) is 13.8 Å². The lowest BCUT2D eigenvalue weighted by molar-refractivity contribution is 0.623. The summed E-state index contributed by atoms with van der Waals surface area (Å²) in [6, 6.07) is 63.3. The minimum atomic E-state index is 0.618. The average Bonchev–Trinajstić information content (AvgIpc) is 3.82. The van der Waals surface area contributed by atoms with Crippen molar-refractivity contribution in [3.63, 3.8) is 0 Å².